The number of ether oxygens (including phenoxy) is 2. The topological polar surface area (TPSA) is 98.8 Å². The molecule has 0 radical (unpaired) electrons. The van der Waals surface area contributed by atoms with E-state index in [1.54, 1.807) is 11.6 Å². The minimum Gasteiger partial charge on any atom is -0.512 e. The SMILES string of the molecule is COc1ccc(CCC2(C3CCCC3)CC(O)=C(Cc3nc4nc(C)cc(C)n4n3)C(=O)O2)cc1C1CC1. The number of aryl methyl sites for hydroxylation is 3. The molecule has 2 aromatic heterocycles. The minimum absolute atomic E-state index is 0.112. The highest BCUT2D eigenvalue weighted by molar-refractivity contribution is 5.90. The number of hydrogen-bond donors (Lipinski definition) is 1. The van der Waals surface area contributed by atoms with Gasteiger partial charge in [0.05, 0.1) is 12.7 Å². The van der Waals surface area contributed by atoms with Crippen molar-refractivity contribution in [1.82, 2.24) is 19.6 Å². The van der Waals surface area contributed by atoms with E-state index in [0.29, 0.717) is 30.4 Å². The van der Waals surface area contributed by atoms with Gasteiger partial charge in [-0.25, -0.2) is 14.3 Å². The molecule has 0 saturated heterocycles. The summed E-state index contributed by atoms with van der Waals surface area (Å²) in [6, 6.07) is 8.38. The fourth-order valence-electron chi connectivity index (χ4n) is 6.44. The van der Waals surface area contributed by atoms with Gasteiger partial charge >= 0.3 is 5.97 Å². The van der Waals surface area contributed by atoms with Crippen LogP contribution in [0.25, 0.3) is 5.78 Å². The van der Waals surface area contributed by atoms with Crippen molar-refractivity contribution >= 4 is 11.7 Å². The predicted octanol–water partition coefficient (Wildman–Crippen LogP) is 5.49. The first-order chi connectivity index (χ1) is 18.3. The van der Waals surface area contributed by atoms with Crippen molar-refractivity contribution < 1.29 is 19.4 Å². The zero-order valence-corrected chi connectivity index (χ0v) is 22.5. The number of esters is 1. The van der Waals surface area contributed by atoms with Gasteiger partial charge < -0.3 is 14.6 Å². The summed E-state index contributed by atoms with van der Waals surface area (Å²) >= 11 is 0. The number of carbonyl (C=O) groups excluding carboxylic acids is 1. The quantitative estimate of drug-likeness (QED) is 0.395. The molecular weight excluding hydrogens is 480 g/mol. The molecule has 8 nitrogen and oxygen atoms in total. The van der Waals surface area contributed by atoms with E-state index in [0.717, 1.165) is 49.2 Å². The Balaban J connectivity index is 1.25. The minimum atomic E-state index is -0.692. The van der Waals surface area contributed by atoms with Crippen molar-refractivity contribution in [2.75, 3.05) is 7.11 Å². The molecule has 0 amide bonds. The standard InChI is InChI=1S/C30H36N4O4/c1-18-14-19(2)34-29(31-18)32-27(33-34)16-24-25(35)17-30(38-28(24)36,22-6-4-5-7-22)13-12-20-8-11-26(37-3)23(15-20)21-9-10-21/h8,11,14-15,21-22,35H,4-7,9-10,12-13,16-17H2,1-3H3. The second kappa shape index (κ2) is 9.71. The highest BCUT2D eigenvalue weighted by Gasteiger charge is 2.48. The van der Waals surface area contributed by atoms with E-state index < -0.39 is 11.6 Å². The molecule has 8 heteroatoms. The Labute approximate surface area is 223 Å². The molecule has 2 aliphatic carbocycles. The predicted molar refractivity (Wildman–Crippen MR) is 142 cm³/mol. The van der Waals surface area contributed by atoms with E-state index in [1.807, 2.05) is 19.9 Å². The van der Waals surface area contributed by atoms with Crippen LogP contribution in [0.15, 0.2) is 35.6 Å². The van der Waals surface area contributed by atoms with Crippen LogP contribution in [0, 0.1) is 19.8 Å². The van der Waals surface area contributed by atoms with Crippen LogP contribution in [0.4, 0.5) is 0 Å². The summed E-state index contributed by atoms with van der Waals surface area (Å²) in [4.78, 5) is 22.4. The maximum absolute atomic E-state index is 13.4. The van der Waals surface area contributed by atoms with Crippen molar-refractivity contribution in [2.45, 2.75) is 89.6 Å². The molecule has 3 heterocycles. The number of benzene rings is 1. The Hall–Kier alpha value is -3.42. The summed E-state index contributed by atoms with van der Waals surface area (Å²) in [5.41, 5.74) is 3.84. The summed E-state index contributed by atoms with van der Waals surface area (Å²) in [5.74, 6) is 2.40. The summed E-state index contributed by atoms with van der Waals surface area (Å²) in [7, 11) is 1.73. The highest BCUT2D eigenvalue weighted by Crippen LogP contribution is 2.47. The second-order valence-electron chi connectivity index (χ2n) is 11.3. The molecule has 3 aromatic rings. The molecule has 1 aliphatic heterocycles. The summed E-state index contributed by atoms with van der Waals surface area (Å²) < 4.78 is 13.6. The van der Waals surface area contributed by atoms with E-state index in [1.165, 1.54) is 24.0 Å². The largest absolute Gasteiger partial charge is 0.512 e. The van der Waals surface area contributed by atoms with Crippen molar-refractivity contribution in [3.8, 4) is 5.75 Å². The van der Waals surface area contributed by atoms with Crippen molar-refractivity contribution in [3.63, 3.8) is 0 Å². The highest BCUT2D eigenvalue weighted by atomic mass is 16.6. The van der Waals surface area contributed by atoms with Crippen LogP contribution in [0.3, 0.4) is 0 Å². The summed E-state index contributed by atoms with van der Waals surface area (Å²) in [6.07, 6.45) is 8.65. The van der Waals surface area contributed by atoms with Gasteiger partial charge in [-0.05, 0) is 87.5 Å². The average Bonchev–Trinajstić information content (AvgIpc) is 3.41. The van der Waals surface area contributed by atoms with E-state index in [2.05, 4.69) is 33.3 Å². The Morgan fingerprint density at radius 1 is 1.13 bits per heavy atom. The van der Waals surface area contributed by atoms with Gasteiger partial charge in [0.2, 0.25) is 0 Å². The number of aliphatic hydroxyl groups excluding tert-OH is 1. The maximum Gasteiger partial charge on any atom is 0.338 e. The third kappa shape index (κ3) is 4.65. The van der Waals surface area contributed by atoms with Crippen molar-refractivity contribution in [2.24, 2.45) is 5.92 Å². The summed E-state index contributed by atoms with van der Waals surface area (Å²) in [5, 5.41) is 15.8. The fourth-order valence-corrected chi connectivity index (χ4v) is 6.44. The van der Waals surface area contributed by atoms with Gasteiger partial charge in [0.15, 0.2) is 5.82 Å². The monoisotopic (exact) mass is 516 g/mol. The van der Waals surface area contributed by atoms with E-state index >= 15 is 0 Å². The Morgan fingerprint density at radius 3 is 2.63 bits per heavy atom. The Bertz CT molecular complexity index is 1420. The fraction of sp³-hybridized carbons (Fsp3) is 0.533. The molecule has 200 valence electrons. The van der Waals surface area contributed by atoms with Gasteiger partial charge in [0, 0.05) is 24.2 Å². The van der Waals surface area contributed by atoms with Crippen molar-refractivity contribution in [3.05, 3.63) is 63.9 Å². The molecule has 1 aromatic carbocycles. The van der Waals surface area contributed by atoms with E-state index in [9.17, 15) is 9.90 Å². The number of nitrogens with zero attached hydrogens (tertiary/aromatic N) is 4. The van der Waals surface area contributed by atoms with Crippen LogP contribution in [0.2, 0.25) is 0 Å². The van der Waals surface area contributed by atoms with Crippen molar-refractivity contribution in [1.29, 1.82) is 0 Å². The summed E-state index contributed by atoms with van der Waals surface area (Å²) in [6.45, 7) is 3.85. The molecule has 3 aliphatic rings. The number of methoxy groups -OCH3 is 1. The first-order valence-electron chi connectivity index (χ1n) is 13.9. The maximum atomic E-state index is 13.4. The molecule has 1 atom stereocenters. The van der Waals surface area contributed by atoms with E-state index in [-0.39, 0.29) is 23.7 Å². The Kier molecular flexibility index (Phi) is 6.36. The Morgan fingerprint density at radius 2 is 1.92 bits per heavy atom. The first-order valence-corrected chi connectivity index (χ1v) is 13.9. The van der Waals surface area contributed by atoms with Crippen LogP contribution in [-0.4, -0.2) is 43.4 Å². The smallest absolute Gasteiger partial charge is 0.338 e. The lowest BCUT2D eigenvalue weighted by atomic mass is 9.76. The van der Waals surface area contributed by atoms with Crippen LogP contribution < -0.4 is 4.74 Å². The molecule has 2 fully saturated rings. The number of hydrogen-bond acceptors (Lipinski definition) is 7. The van der Waals surface area contributed by atoms with Crippen LogP contribution in [0.1, 0.15) is 85.6 Å². The third-order valence-electron chi connectivity index (χ3n) is 8.60. The zero-order chi connectivity index (χ0) is 26.4. The molecule has 0 bridgehead atoms. The molecular formula is C30H36N4O4. The number of aliphatic hydroxyl groups is 1. The first kappa shape index (κ1) is 24.9. The van der Waals surface area contributed by atoms with Crippen LogP contribution >= 0.6 is 0 Å². The number of cyclic esters (lactones) is 1. The normalized spacial score (nSPS) is 22.3. The molecule has 0 spiro atoms. The zero-order valence-electron chi connectivity index (χ0n) is 22.5. The number of aromatic nitrogens is 4. The molecule has 1 unspecified atom stereocenters. The lowest BCUT2D eigenvalue weighted by molar-refractivity contribution is -0.167. The molecule has 6 rings (SSSR count). The molecule has 1 N–H and O–H groups in total. The van der Waals surface area contributed by atoms with Gasteiger partial charge in [0.25, 0.3) is 5.78 Å². The van der Waals surface area contributed by atoms with Crippen LogP contribution in [-0.2, 0) is 22.4 Å². The van der Waals surface area contributed by atoms with Gasteiger partial charge in [-0.15, -0.1) is 5.10 Å². The average molecular weight is 517 g/mol. The van der Waals surface area contributed by atoms with Gasteiger partial charge in [-0.3, -0.25) is 0 Å². The number of fused-ring (bicyclic) bond motifs is 1. The van der Waals surface area contributed by atoms with Gasteiger partial charge in [0.1, 0.15) is 17.1 Å². The number of rotatable bonds is 8. The second-order valence-corrected chi connectivity index (χ2v) is 11.3. The van der Waals surface area contributed by atoms with E-state index in [4.69, 9.17) is 9.47 Å². The molecule has 2 saturated carbocycles. The lowest BCUT2D eigenvalue weighted by Gasteiger charge is -2.41. The molecule has 38 heavy (non-hydrogen) atoms. The third-order valence-corrected chi connectivity index (χ3v) is 8.60. The van der Waals surface area contributed by atoms with Gasteiger partial charge in [-0.1, -0.05) is 25.0 Å². The van der Waals surface area contributed by atoms with Crippen LogP contribution in [0.5, 0.6) is 5.75 Å². The van der Waals surface area contributed by atoms with Gasteiger partial charge in [-0.2, -0.15) is 4.98 Å². The number of carbonyl (C=O) groups is 1. The lowest BCUT2D eigenvalue weighted by Crippen LogP contribution is -2.46.